The maximum absolute atomic E-state index is 10.8. The smallest absolute Gasteiger partial charge is 0.341 e. The van der Waals surface area contributed by atoms with Crippen molar-refractivity contribution < 1.29 is 14.3 Å². The Morgan fingerprint density at radius 2 is 2.08 bits per heavy atom. The van der Waals surface area contributed by atoms with Crippen LogP contribution in [0, 0.1) is 0 Å². The molecule has 0 atom stereocenters. The first-order valence-corrected chi connectivity index (χ1v) is 3.70. The van der Waals surface area contributed by atoms with Gasteiger partial charge in [0.2, 0.25) is 5.88 Å². The predicted molar refractivity (Wildman–Crippen MR) is 47.6 cm³/mol. The van der Waals surface area contributed by atoms with E-state index in [2.05, 4.69) is 0 Å². The van der Waals surface area contributed by atoms with E-state index in [-0.39, 0.29) is 11.4 Å². The van der Waals surface area contributed by atoms with Crippen LogP contribution in [0.2, 0.25) is 0 Å². The average molecular weight is 177 g/mol. The number of carbonyl (C=O) groups is 1. The van der Waals surface area contributed by atoms with Crippen molar-refractivity contribution >= 4 is 22.8 Å². The second-order valence-electron chi connectivity index (χ2n) is 2.64. The van der Waals surface area contributed by atoms with Crippen LogP contribution in [0.25, 0.3) is 11.0 Å². The van der Waals surface area contributed by atoms with Crippen molar-refractivity contribution in [1.82, 2.24) is 0 Å². The Morgan fingerprint density at radius 3 is 2.77 bits per heavy atom. The number of carboxylic acids is 1. The Bertz CT molecular complexity index is 473. The molecule has 3 N–H and O–H groups in total. The van der Waals surface area contributed by atoms with Gasteiger partial charge in [-0.1, -0.05) is 18.2 Å². The Hall–Kier alpha value is -1.97. The molecule has 2 rings (SSSR count). The minimum Gasteiger partial charge on any atom is -0.477 e. The zero-order chi connectivity index (χ0) is 9.42. The van der Waals surface area contributed by atoms with Crippen LogP contribution in [-0.4, -0.2) is 11.1 Å². The second kappa shape index (κ2) is 2.52. The summed E-state index contributed by atoms with van der Waals surface area (Å²) in [5, 5.41) is 9.35. The normalized spacial score (nSPS) is 10.5. The van der Waals surface area contributed by atoms with Crippen LogP contribution in [0.4, 0.5) is 5.88 Å². The lowest BCUT2D eigenvalue weighted by Crippen LogP contribution is -1.98. The van der Waals surface area contributed by atoms with Crippen molar-refractivity contribution in [3.8, 4) is 0 Å². The van der Waals surface area contributed by atoms with Gasteiger partial charge in [0, 0.05) is 5.39 Å². The fourth-order valence-electron chi connectivity index (χ4n) is 1.28. The first-order valence-electron chi connectivity index (χ1n) is 3.70. The van der Waals surface area contributed by atoms with E-state index in [0.29, 0.717) is 11.0 Å². The van der Waals surface area contributed by atoms with Crippen LogP contribution in [0.15, 0.2) is 28.7 Å². The molecule has 0 saturated heterocycles. The van der Waals surface area contributed by atoms with Gasteiger partial charge < -0.3 is 15.3 Å². The Morgan fingerprint density at radius 1 is 1.38 bits per heavy atom. The molecule has 0 radical (unpaired) electrons. The van der Waals surface area contributed by atoms with Gasteiger partial charge in [0.15, 0.2) is 0 Å². The van der Waals surface area contributed by atoms with Gasteiger partial charge in [0.1, 0.15) is 11.1 Å². The van der Waals surface area contributed by atoms with E-state index in [9.17, 15) is 4.79 Å². The van der Waals surface area contributed by atoms with Crippen LogP contribution in [0.1, 0.15) is 10.4 Å². The van der Waals surface area contributed by atoms with E-state index in [1.807, 2.05) is 0 Å². The van der Waals surface area contributed by atoms with Crippen molar-refractivity contribution in [1.29, 1.82) is 0 Å². The van der Waals surface area contributed by atoms with E-state index >= 15 is 0 Å². The number of nitrogen functional groups attached to an aromatic ring is 1. The zero-order valence-corrected chi connectivity index (χ0v) is 6.65. The van der Waals surface area contributed by atoms with E-state index in [0.717, 1.165) is 0 Å². The highest BCUT2D eigenvalue weighted by Crippen LogP contribution is 2.27. The molecule has 0 spiro atoms. The number of fused-ring (bicyclic) bond motifs is 1. The molecule has 2 aromatic rings. The van der Waals surface area contributed by atoms with Gasteiger partial charge in [-0.25, -0.2) is 4.79 Å². The topological polar surface area (TPSA) is 76.5 Å². The minimum absolute atomic E-state index is 0.0376. The van der Waals surface area contributed by atoms with Crippen LogP contribution < -0.4 is 5.73 Å². The third-order valence-corrected chi connectivity index (χ3v) is 1.84. The molecule has 0 amide bonds. The number of aromatic carboxylic acids is 1. The molecule has 66 valence electrons. The highest BCUT2D eigenvalue weighted by molar-refractivity contribution is 6.06. The highest BCUT2D eigenvalue weighted by Gasteiger charge is 2.16. The van der Waals surface area contributed by atoms with Crippen molar-refractivity contribution in [3.05, 3.63) is 29.8 Å². The third kappa shape index (κ3) is 1.03. The molecular formula is C9H7NO3. The summed E-state index contributed by atoms with van der Waals surface area (Å²) in [6.07, 6.45) is 0. The standard InChI is InChI=1S/C9H7NO3/c10-8-7(9(11)12)5-3-1-2-4-6(5)13-8/h1-4H,10H2,(H,11,12). The molecule has 1 heterocycles. The van der Waals surface area contributed by atoms with E-state index < -0.39 is 5.97 Å². The SMILES string of the molecule is Nc1oc2ccccc2c1C(=O)O. The van der Waals surface area contributed by atoms with Crippen molar-refractivity contribution in [2.75, 3.05) is 5.73 Å². The van der Waals surface area contributed by atoms with E-state index in [1.165, 1.54) is 0 Å². The largest absolute Gasteiger partial charge is 0.477 e. The van der Waals surface area contributed by atoms with Gasteiger partial charge in [-0.05, 0) is 6.07 Å². The summed E-state index contributed by atoms with van der Waals surface area (Å²) in [6.45, 7) is 0. The second-order valence-corrected chi connectivity index (χ2v) is 2.64. The van der Waals surface area contributed by atoms with Gasteiger partial charge in [-0.15, -0.1) is 0 Å². The number of rotatable bonds is 1. The lowest BCUT2D eigenvalue weighted by atomic mass is 10.2. The molecule has 0 aliphatic rings. The molecule has 0 aliphatic heterocycles. The molecule has 0 bridgehead atoms. The van der Waals surface area contributed by atoms with Crippen molar-refractivity contribution in [2.24, 2.45) is 0 Å². The van der Waals surface area contributed by atoms with Gasteiger partial charge in [-0.2, -0.15) is 0 Å². The fraction of sp³-hybridized carbons (Fsp3) is 0. The summed E-state index contributed by atoms with van der Waals surface area (Å²) in [5.41, 5.74) is 5.94. The predicted octanol–water partition coefficient (Wildman–Crippen LogP) is 1.71. The minimum atomic E-state index is -1.07. The molecular weight excluding hydrogens is 170 g/mol. The molecule has 13 heavy (non-hydrogen) atoms. The summed E-state index contributed by atoms with van der Waals surface area (Å²) in [4.78, 5) is 10.8. The Kier molecular flexibility index (Phi) is 1.48. The lowest BCUT2D eigenvalue weighted by molar-refractivity contribution is 0.0699. The number of nitrogens with two attached hydrogens (primary N) is 1. The van der Waals surface area contributed by atoms with Gasteiger partial charge in [-0.3, -0.25) is 0 Å². The summed E-state index contributed by atoms with van der Waals surface area (Å²) in [5.74, 6) is -1.11. The zero-order valence-electron chi connectivity index (χ0n) is 6.65. The summed E-state index contributed by atoms with van der Waals surface area (Å²) in [7, 11) is 0. The molecule has 0 saturated carbocycles. The quantitative estimate of drug-likeness (QED) is 0.695. The first-order chi connectivity index (χ1) is 6.20. The maximum atomic E-state index is 10.8. The molecule has 0 unspecified atom stereocenters. The molecule has 1 aromatic heterocycles. The molecule has 0 aliphatic carbocycles. The fourth-order valence-corrected chi connectivity index (χ4v) is 1.28. The van der Waals surface area contributed by atoms with Crippen LogP contribution in [0.3, 0.4) is 0 Å². The van der Waals surface area contributed by atoms with Gasteiger partial charge in [0.05, 0.1) is 0 Å². The van der Waals surface area contributed by atoms with Gasteiger partial charge in [0.25, 0.3) is 0 Å². The Balaban J connectivity index is 2.86. The average Bonchev–Trinajstić information content (AvgIpc) is 2.39. The molecule has 4 heteroatoms. The number of benzene rings is 1. The Labute approximate surface area is 73.6 Å². The number of hydrogen-bond donors (Lipinski definition) is 2. The number of anilines is 1. The van der Waals surface area contributed by atoms with E-state index in [1.54, 1.807) is 24.3 Å². The monoisotopic (exact) mass is 177 g/mol. The van der Waals surface area contributed by atoms with Gasteiger partial charge >= 0.3 is 5.97 Å². The summed E-state index contributed by atoms with van der Waals surface area (Å²) in [6, 6.07) is 6.84. The number of hydrogen-bond acceptors (Lipinski definition) is 3. The van der Waals surface area contributed by atoms with E-state index in [4.69, 9.17) is 15.3 Å². The number of carboxylic acid groups (broad SMARTS) is 1. The van der Waals surface area contributed by atoms with Crippen LogP contribution in [0.5, 0.6) is 0 Å². The maximum Gasteiger partial charge on any atom is 0.341 e. The number of furan rings is 1. The third-order valence-electron chi connectivity index (χ3n) is 1.84. The number of para-hydroxylation sites is 1. The molecule has 0 fully saturated rings. The lowest BCUT2D eigenvalue weighted by Gasteiger charge is -1.89. The molecule has 1 aromatic carbocycles. The summed E-state index contributed by atoms with van der Waals surface area (Å²) < 4.78 is 5.06. The van der Waals surface area contributed by atoms with Crippen molar-refractivity contribution in [2.45, 2.75) is 0 Å². The van der Waals surface area contributed by atoms with Crippen LogP contribution in [-0.2, 0) is 0 Å². The summed E-state index contributed by atoms with van der Waals surface area (Å²) >= 11 is 0. The van der Waals surface area contributed by atoms with Crippen molar-refractivity contribution in [3.63, 3.8) is 0 Å². The first kappa shape index (κ1) is 7.67. The highest BCUT2D eigenvalue weighted by atomic mass is 16.4. The van der Waals surface area contributed by atoms with Crippen LogP contribution >= 0.6 is 0 Å². The molecule has 4 nitrogen and oxygen atoms in total.